The molecule has 1 aliphatic heterocycles. The predicted octanol–water partition coefficient (Wildman–Crippen LogP) is 0.949. The van der Waals surface area contributed by atoms with E-state index in [0.717, 1.165) is 5.56 Å². The Balaban J connectivity index is 1.91. The molecule has 0 bridgehead atoms. The van der Waals surface area contributed by atoms with Crippen molar-refractivity contribution in [1.29, 1.82) is 0 Å². The summed E-state index contributed by atoms with van der Waals surface area (Å²) in [4.78, 5) is 30.5. The summed E-state index contributed by atoms with van der Waals surface area (Å²) in [5.41, 5.74) is -0.770. The number of ether oxygens (including phenoxy) is 1. The van der Waals surface area contributed by atoms with E-state index in [1.165, 1.54) is 18.2 Å². The molecule has 2 aromatic rings. The average molecular weight is 373 g/mol. The molecule has 1 aromatic heterocycles. The topological polar surface area (TPSA) is 105 Å². The molecule has 0 spiro atoms. The number of rotatable bonds is 5. The average Bonchev–Trinajstić information content (AvgIpc) is 3.09. The lowest BCUT2D eigenvalue weighted by Crippen LogP contribution is -2.58. The Morgan fingerprint density at radius 3 is 2.81 bits per heavy atom. The zero-order valence-corrected chi connectivity index (χ0v) is 15.3. The van der Waals surface area contributed by atoms with Crippen molar-refractivity contribution < 1.29 is 24.5 Å². The molecule has 0 aliphatic carbocycles. The van der Waals surface area contributed by atoms with Crippen LogP contribution in [0.2, 0.25) is 0 Å². The van der Waals surface area contributed by atoms with Gasteiger partial charge in [-0.2, -0.15) is 0 Å². The molecule has 0 saturated carbocycles. The minimum Gasteiger partial charge on any atom is -0.497 e. The number of benzene rings is 1. The summed E-state index contributed by atoms with van der Waals surface area (Å²) in [6.07, 6.45) is 2.39. The van der Waals surface area contributed by atoms with E-state index in [1.807, 2.05) is 0 Å². The number of aliphatic hydroxyl groups excluding tert-OH is 1. The van der Waals surface area contributed by atoms with Crippen molar-refractivity contribution in [3.63, 3.8) is 0 Å². The van der Waals surface area contributed by atoms with E-state index in [-0.39, 0.29) is 37.7 Å². The fourth-order valence-electron chi connectivity index (χ4n) is 3.57. The highest BCUT2D eigenvalue weighted by Gasteiger charge is 2.50. The van der Waals surface area contributed by atoms with Gasteiger partial charge in [-0.3, -0.25) is 9.59 Å². The summed E-state index contributed by atoms with van der Waals surface area (Å²) in [6.45, 7) is 0.187. The Hall–Kier alpha value is -2.87. The van der Waals surface area contributed by atoms with Crippen LogP contribution >= 0.6 is 0 Å². The third-order valence-corrected chi connectivity index (χ3v) is 5.16. The summed E-state index contributed by atoms with van der Waals surface area (Å²) >= 11 is 0. The van der Waals surface area contributed by atoms with E-state index in [0.29, 0.717) is 5.75 Å². The lowest BCUT2D eigenvalue weighted by Gasteiger charge is -2.43. The van der Waals surface area contributed by atoms with Crippen LogP contribution in [-0.2, 0) is 18.3 Å². The van der Waals surface area contributed by atoms with Crippen molar-refractivity contribution >= 4 is 11.9 Å². The molecule has 1 saturated heterocycles. The number of piperidine rings is 1. The molecule has 144 valence electrons. The van der Waals surface area contributed by atoms with E-state index in [2.05, 4.69) is 4.98 Å². The molecule has 1 aliphatic rings. The van der Waals surface area contributed by atoms with Gasteiger partial charge in [0.2, 0.25) is 0 Å². The zero-order valence-electron chi connectivity index (χ0n) is 15.3. The standard InChI is InChI=1S/C19H23N3O5/c1-21-9-7-20-16(21)17(24)22-8-6-15(23)19(12-22,18(25)26)11-13-4-3-5-14(10-13)27-2/h3-5,7,9-10,15,23H,6,8,11-12H2,1-2H3,(H,25,26)/t15-,19-/m1/s1. The number of aryl methyl sites for hydroxylation is 1. The number of aromatic nitrogens is 2. The van der Waals surface area contributed by atoms with Crippen LogP contribution in [0.4, 0.5) is 0 Å². The van der Waals surface area contributed by atoms with E-state index in [1.54, 1.807) is 42.1 Å². The van der Waals surface area contributed by atoms with Crippen LogP contribution in [0.1, 0.15) is 22.6 Å². The first-order chi connectivity index (χ1) is 12.9. The summed E-state index contributed by atoms with van der Waals surface area (Å²) in [6, 6.07) is 7.08. The molecule has 0 radical (unpaired) electrons. The predicted molar refractivity (Wildman–Crippen MR) is 96.5 cm³/mol. The van der Waals surface area contributed by atoms with Crippen molar-refractivity contribution in [2.24, 2.45) is 12.5 Å². The van der Waals surface area contributed by atoms with Crippen molar-refractivity contribution in [3.05, 3.63) is 48.0 Å². The number of carbonyl (C=O) groups excluding carboxylic acids is 1. The molecule has 2 atom stereocenters. The minimum atomic E-state index is -1.49. The molecule has 8 nitrogen and oxygen atoms in total. The van der Waals surface area contributed by atoms with Gasteiger partial charge in [0.15, 0.2) is 5.82 Å². The maximum absolute atomic E-state index is 12.8. The van der Waals surface area contributed by atoms with Gasteiger partial charge in [-0.25, -0.2) is 4.98 Å². The third-order valence-electron chi connectivity index (χ3n) is 5.16. The fraction of sp³-hybridized carbons (Fsp3) is 0.421. The number of carbonyl (C=O) groups is 2. The van der Waals surface area contributed by atoms with Crippen molar-refractivity contribution in [2.75, 3.05) is 20.2 Å². The number of likely N-dealkylation sites (tertiary alicyclic amines) is 1. The second kappa shape index (κ2) is 7.40. The minimum absolute atomic E-state index is 0.0883. The lowest BCUT2D eigenvalue weighted by atomic mass is 9.72. The van der Waals surface area contributed by atoms with Gasteiger partial charge in [0.1, 0.15) is 11.2 Å². The number of methoxy groups -OCH3 is 1. The molecule has 1 amide bonds. The quantitative estimate of drug-likeness (QED) is 0.809. The highest BCUT2D eigenvalue weighted by Crippen LogP contribution is 2.35. The third kappa shape index (κ3) is 3.52. The number of amides is 1. The summed E-state index contributed by atoms with van der Waals surface area (Å²) in [5.74, 6) is -0.618. The SMILES string of the molecule is COc1cccc(C[C@@]2(C(=O)O)CN(C(=O)c3nccn3C)CC[C@H]2O)c1. The van der Waals surface area contributed by atoms with Crippen LogP contribution in [0.15, 0.2) is 36.7 Å². The van der Waals surface area contributed by atoms with Gasteiger partial charge in [-0.1, -0.05) is 12.1 Å². The van der Waals surface area contributed by atoms with Gasteiger partial charge in [-0.15, -0.1) is 0 Å². The summed E-state index contributed by atoms with van der Waals surface area (Å²) in [5, 5.41) is 20.6. The van der Waals surface area contributed by atoms with Crippen LogP contribution in [0, 0.1) is 5.41 Å². The largest absolute Gasteiger partial charge is 0.497 e. The Kier molecular flexibility index (Phi) is 5.18. The number of aliphatic carboxylic acids is 1. The number of carboxylic acids is 1. The molecule has 27 heavy (non-hydrogen) atoms. The number of carboxylic acid groups (broad SMARTS) is 1. The van der Waals surface area contributed by atoms with Crippen LogP contribution in [0.3, 0.4) is 0 Å². The number of imidazole rings is 1. The van der Waals surface area contributed by atoms with E-state index >= 15 is 0 Å². The van der Waals surface area contributed by atoms with Gasteiger partial charge < -0.3 is 24.4 Å². The van der Waals surface area contributed by atoms with Crippen molar-refractivity contribution in [1.82, 2.24) is 14.5 Å². The van der Waals surface area contributed by atoms with Gasteiger partial charge in [0.25, 0.3) is 5.91 Å². The van der Waals surface area contributed by atoms with E-state index < -0.39 is 17.5 Å². The van der Waals surface area contributed by atoms with Crippen molar-refractivity contribution in [2.45, 2.75) is 18.9 Å². The number of hydrogen-bond acceptors (Lipinski definition) is 5. The van der Waals surface area contributed by atoms with Gasteiger partial charge in [0, 0.05) is 32.5 Å². The maximum Gasteiger partial charge on any atom is 0.314 e. The van der Waals surface area contributed by atoms with Crippen LogP contribution in [-0.4, -0.2) is 62.8 Å². The summed E-state index contributed by atoms with van der Waals surface area (Å²) in [7, 11) is 3.24. The van der Waals surface area contributed by atoms with E-state index in [4.69, 9.17) is 4.74 Å². The fourth-order valence-corrected chi connectivity index (χ4v) is 3.57. The molecule has 0 unspecified atom stereocenters. The molecule has 3 rings (SSSR count). The number of aliphatic hydroxyl groups is 1. The number of hydrogen-bond donors (Lipinski definition) is 2. The highest BCUT2D eigenvalue weighted by atomic mass is 16.5. The Labute approximate surface area is 157 Å². The second-order valence-corrected chi connectivity index (χ2v) is 6.88. The Morgan fingerprint density at radius 1 is 1.41 bits per heavy atom. The van der Waals surface area contributed by atoms with E-state index in [9.17, 15) is 19.8 Å². The normalized spacial score (nSPS) is 22.5. The second-order valence-electron chi connectivity index (χ2n) is 6.88. The Morgan fingerprint density at radius 2 is 2.19 bits per heavy atom. The van der Waals surface area contributed by atoms with Crippen LogP contribution < -0.4 is 4.74 Å². The monoisotopic (exact) mass is 373 g/mol. The molecular formula is C19H23N3O5. The smallest absolute Gasteiger partial charge is 0.314 e. The molecule has 2 heterocycles. The van der Waals surface area contributed by atoms with Crippen molar-refractivity contribution in [3.8, 4) is 5.75 Å². The van der Waals surface area contributed by atoms with Crippen LogP contribution in [0.5, 0.6) is 5.75 Å². The lowest BCUT2D eigenvalue weighted by molar-refractivity contribution is -0.161. The first-order valence-electron chi connectivity index (χ1n) is 8.68. The van der Waals surface area contributed by atoms with Gasteiger partial charge >= 0.3 is 5.97 Å². The zero-order chi connectivity index (χ0) is 19.6. The van der Waals surface area contributed by atoms with Gasteiger partial charge in [-0.05, 0) is 30.5 Å². The maximum atomic E-state index is 12.8. The van der Waals surface area contributed by atoms with Crippen LogP contribution in [0.25, 0.3) is 0 Å². The Bertz CT molecular complexity index is 849. The van der Waals surface area contributed by atoms with Gasteiger partial charge in [0.05, 0.1) is 13.2 Å². The molecule has 1 aromatic carbocycles. The first kappa shape index (κ1) is 18.9. The molecular weight excluding hydrogens is 350 g/mol. The summed E-state index contributed by atoms with van der Waals surface area (Å²) < 4.78 is 6.80. The highest BCUT2D eigenvalue weighted by molar-refractivity contribution is 5.91. The molecule has 2 N–H and O–H groups in total. The molecule has 1 fully saturated rings. The number of nitrogens with zero attached hydrogens (tertiary/aromatic N) is 3. The molecule has 8 heteroatoms. The first-order valence-corrected chi connectivity index (χ1v) is 8.68.